The van der Waals surface area contributed by atoms with Crippen LogP contribution in [0.15, 0.2) is 12.1 Å². The summed E-state index contributed by atoms with van der Waals surface area (Å²) in [5.41, 5.74) is 1.18. The van der Waals surface area contributed by atoms with Gasteiger partial charge >= 0.3 is 0 Å². The van der Waals surface area contributed by atoms with E-state index in [1.54, 1.807) is 13.0 Å². The van der Waals surface area contributed by atoms with E-state index >= 15 is 0 Å². The van der Waals surface area contributed by atoms with E-state index in [2.05, 4.69) is 4.98 Å². The van der Waals surface area contributed by atoms with Gasteiger partial charge in [-0.3, -0.25) is 14.9 Å². The van der Waals surface area contributed by atoms with Crippen molar-refractivity contribution in [3.8, 4) is 0 Å². The Morgan fingerprint density at radius 1 is 1.50 bits per heavy atom. The SMILES string of the molecule is CCC(=O)Cc1cc2nc(C)sc2cc1[N+](=O)[O-]. The van der Waals surface area contributed by atoms with Crippen LogP contribution in [0.1, 0.15) is 23.9 Å². The highest BCUT2D eigenvalue weighted by molar-refractivity contribution is 7.18. The summed E-state index contributed by atoms with van der Waals surface area (Å²) >= 11 is 1.42. The molecule has 0 bridgehead atoms. The van der Waals surface area contributed by atoms with Crippen molar-refractivity contribution in [3.63, 3.8) is 0 Å². The van der Waals surface area contributed by atoms with Crippen LogP contribution in [0.5, 0.6) is 0 Å². The number of rotatable bonds is 4. The van der Waals surface area contributed by atoms with Gasteiger partial charge in [-0.15, -0.1) is 11.3 Å². The number of thiazole rings is 1. The first-order valence-electron chi connectivity index (χ1n) is 5.57. The molecule has 2 rings (SSSR count). The summed E-state index contributed by atoms with van der Waals surface area (Å²) in [7, 11) is 0. The lowest BCUT2D eigenvalue weighted by Gasteiger charge is -2.01. The fourth-order valence-electron chi connectivity index (χ4n) is 1.77. The number of hydrogen-bond donors (Lipinski definition) is 0. The smallest absolute Gasteiger partial charge is 0.274 e. The molecule has 0 saturated heterocycles. The summed E-state index contributed by atoms with van der Waals surface area (Å²) in [5, 5.41) is 11.9. The summed E-state index contributed by atoms with van der Waals surface area (Å²) in [6.07, 6.45) is 0.477. The predicted octanol–water partition coefficient (Wildman–Crippen LogP) is 3.03. The number of hydrogen-bond acceptors (Lipinski definition) is 5. The van der Waals surface area contributed by atoms with E-state index in [9.17, 15) is 14.9 Å². The first kappa shape index (κ1) is 12.6. The molecule has 1 heterocycles. The van der Waals surface area contributed by atoms with Crippen molar-refractivity contribution in [2.24, 2.45) is 0 Å². The van der Waals surface area contributed by atoms with Crippen LogP contribution < -0.4 is 0 Å². The monoisotopic (exact) mass is 264 g/mol. The summed E-state index contributed by atoms with van der Waals surface area (Å²) in [6, 6.07) is 3.17. The van der Waals surface area contributed by atoms with Crippen molar-refractivity contribution < 1.29 is 9.72 Å². The lowest BCUT2D eigenvalue weighted by atomic mass is 10.1. The van der Waals surface area contributed by atoms with Gasteiger partial charge in [0.15, 0.2) is 0 Å². The quantitative estimate of drug-likeness (QED) is 0.628. The molecular weight excluding hydrogens is 252 g/mol. The molecular formula is C12H12N2O3S. The zero-order chi connectivity index (χ0) is 13.3. The third-order valence-electron chi connectivity index (χ3n) is 2.67. The van der Waals surface area contributed by atoms with Gasteiger partial charge in [0.05, 0.1) is 20.1 Å². The number of Topliss-reactive ketones (excluding diaryl/α,β-unsaturated/α-hetero) is 1. The molecule has 1 aromatic heterocycles. The number of nitro groups is 1. The van der Waals surface area contributed by atoms with Gasteiger partial charge in [0.1, 0.15) is 5.78 Å². The molecule has 0 unspecified atom stereocenters. The summed E-state index contributed by atoms with van der Waals surface area (Å²) in [6.45, 7) is 3.60. The summed E-state index contributed by atoms with van der Waals surface area (Å²) < 4.78 is 0.784. The van der Waals surface area contributed by atoms with Crippen molar-refractivity contribution in [1.29, 1.82) is 0 Å². The molecule has 0 fully saturated rings. The zero-order valence-electron chi connectivity index (χ0n) is 10.1. The van der Waals surface area contributed by atoms with Crippen molar-refractivity contribution in [2.45, 2.75) is 26.7 Å². The molecule has 5 nitrogen and oxygen atoms in total. The molecule has 94 valence electrons. The Hall–Kier alpha value is -1.82. The van der Waals surface area contributed by atoms with Crippen LogP contribution in [0.25, 0.3) is 10.2 Å². The number of nitro benzene ring substituents is 1. The zero-order valence-corrected chi connectivity index (χ0v) is 10.9. The topological polar surface area (TPSA) is 73.1 Å². The van der Waals surface area contributed by atoms with Gasteiger partial charge in [-0.2, -0.15) is 0 Å². The van der Waals surface area contributed by atoms with Crippen LogP contribution in [-0.2, 0) is 11.2 Å². The second kappa shape index (κ2) is 4.81. The number of fused-ring (bicyclic) bond motifs is 1. The highest BCUT2D eigenvalue weighted by Gasteiger charge is 2.18. The molecule has 0 N–H and O–H groups in total. The van der Waals surface area contributed by atoms with Gasteiger partial charge in [-0.1, -0.05) is 6.92 Å². The average molecular weight is 264 g/mol. The standard InChI is InChI=1S/C12H12N2O3S/c1-3-9(15)4-8-5-10-12(18-7(2)13-10)6-11(8)14(16)17/h5-6H,3-4H2,1-2H3. The van der Waals surface area contributed by atoms with E-state index in [-0.39, 0.29) is 17.9 Å². The number of ketones is 1. The van der Waals surface area contributed by atoms with Crippen LogP contribution in [0.4, 0.5) is 5.69 Å². The van der Waals surface area contributed by atoms with E-state index in [1.807, 2.05) is 6.92 Å². The fraction of sp³-hybridized carbons (Fsp3) is 0.333. The number of benzene rings is 1. The third kappa shape index (κ3) is 2.38. The maximum Gasteiger partial charge on any atom is 0.274 e. The van der Waals surface area contributed by atoms with Crippen molar-refractivity contribution in [3.05, 3.63) is 32.8 Å². The van der Waals surface area contributed by atoms with E-state index in [0.717, 1.165) is 15.2 Å². The highest BCUT2D eigenvalue weighted by Crippen LogP contribution is 2.30. The Kier molecular flexibility index (Phi) is 3.38. The Bertz CT molecular complexity index is 634. The number of aromatic nitrogens is 1. The molecule has 0 radical (unpaired) electrons. The summed E-state index contributed by atoms with van der Waals surface area (Å²) in [4.78, 5) is 26.3. The molecule has 2 aromatic rings. The van der Waals surface area contributed by atoms with Gasteiger partial charge in [0.2, 0.25) is 0 Å². The van der Waals surface area contributed by atoms with Gasteiger partial charge in [-0.25, -0.2) is 4.98 Å². The molecule has 0 atom stereocenters. The second-order valence-corrected chi connectivity index (χ2v) is 5.24. The number of carbonyl (C=O) groups excluding carboxylic acids is 1. The van der Waals surface area contributed by atoms with Crippen molar-refractivity contribution >= 4 is 33.0 Å². The lowest BCUT2D eigenvalue weighted by molar-refractivity contribution is -0.385. The molecule has 18 heavy (non-hydrogen) atoms. The molecule has 0 aliphatic rings. The maximum atomic E-state index is 11.5. The van der Waals surface area contributed by atoms with Crippen LogP contribution in [-0.4, -0.2) is 15.7 Å². The van der Waals surface area contributed by atoms with Crippen LogP contribution >= 0.6 is 11.3 Å². The lowest BCUT2D eigenvalue weighted by Crippen LogP contribution is -2.03. The van der Waals surface area contributed by atoms with E-state index in [0.29, 0.717) is 12.0 Å². The minimum Gasteiger partial charge on any atom is -0.299 e. The Balaban J connectivity index is 2.57. The molecule has 1 aromatic carbocycles. The van der Waals surface area contributed by atoms with Crippen molar-refractivity contribution in [1.82, 2.24) is 4.98 Å². The molecule has 0 aliphatic heterocycles. The van der Waals surface area contributed by atoms with Crippen molar-refractivity contribution in [2.75, 3.05) is 0 Å². The number of carbonyl (C=O) groups is 1. The Morgan fingerprint density at radius 3 is 2.83 bits per heavy atom. The minimum atomic E-state index is -0.438. The molecule has 0 saturated carbocycles. The molecule has 0 spiro atoms. The molecule has 0 amide bonds. The number of aryl methyl sites for hydroxylation is 1. The van der Waals surface area contributed by atoms with Gasteiger partial charge in [0, 0.05) is 24.5 Å². The third-order valence-corrected chi connectivity index (χ3v) is 3.61. The van der Waals surface area contributed by atoms with Crippen LogP contribution in [0.2, 0.25) is 0 Å². The van der Waals surface area contributed by atoms with E-state index in [4.69, 9.17) is 0 Å². The van der Waals surface area contributed by atoms with Crippen LogP contribution in [0.3, 0.4) is 0 Å². The minimum absolute atomic E-state index is 0.00736. The average Bonchev–Trinajstić information content (AvgIpc) is 2.66. The van der Waals surface area contributed by atoms with Gasteiger partial charge in [-0.05, 0) is 13.0 Å². The first-order chi connectivity index (χ1) is 8.51. The predicted molar refractivity (Wildman–Crippen MR) is 70.0 cm³/mol. The van der Waals surface area contributed by atoms with Gasteiger partial charge < -0.3 is 0 Å². The normalized spacial score (nSPS) is 10.8. The maximum absolute atomic E-state index is 11.5. The van der Waals surface area contributed by atoms with E-state index < -0.39 is 4.92 Å². The van der Waals surface area contributed by atoms with Crippen LogP contribution in [0, 0.1) is 17.0 Å². The molecule has 0 aliphatic carbocycles. The summed E-state index contributed by atoms with van der Waals surface area (Å²) in [5.74, 6) is -0.00981. The largest absolute Gasteiger partial charge is 0.299 e. The fourth-order valence-corrected chi connectivity index (χ4v) is 2.61. The Labute approximate surface area is 108 Å². The Morgan fingerprint density at radius 2 is 2.22 bits per heavy atom. The highest BCUT2D eigenvalue weighted by atomic mass is 32.1. The van der Waals surface area contributed by atoms with E-state index in [1.165, 1.54) is 17.4 Å². The first-order valence-corrected chi connectivity index (χ1v) is 6.39. The second-order valence-electron chi connectivity index (χ2n) is 4.01. The van der Waals surface area contributed by atoms with Gasteiger partial charge in [0.25, 0.3) is 5.69 Å². The number of nitrogens with zero attached hydrogens (tertiary/aromatic N) is 2. The molecule has 6 heteroatoms.